The van der Waals surface area contributed by atoms with Crippen LogP contribution >= 0.6 is 11.6 Å². The summed E-state index contributed by atoms with van der Waals surface area (Å²) >= 11 is 6.01. The molecule has 3 heterocycles. The van der Waals surface area contributed by atoms with Gasteiger partial charge < -0.3 is 39.2 Å². The van der Waals surface area contributed by atoms with Gasteiger partial charge in [0.25, 0.3) is 11.7 Å². The third-order valence-corrected chi connectivity index (χ3v) is 11.3. The van der Waals surface area contributed by atoms with Crippen molar-refractivity contribution in [3.8, 4) is 11.5 Å². The Hall–Kier alpha value is -5.41. The number of methoxy groups -OCH3 is 1. The summed E-state index contributed by atoms with van der Waals surface area (Å²) in [6.45, 7) is 12.3. The maximum atomic E-state index is 14.3. The first kappa shape index (κ1) is 44.7. The maximum absolute atomic E-state index is 14.3. The number of aliphatic hydroxyl groups is 2. The van der Waals surface area contributed by atoms with Gasteiger partial charge in [0.05, 0.1) is 52.5 Å². The number of benzene rings is 2. The zero-order valence-corrected chi connectivity index (χ0v) is 34.9. The van der Waals surface area contributed by atoms with Crippen molar-refractivity contribution >= 4 is 46.8 Å². The third kappa shape index (κ3) is 8.96. The number of carbonyl (C=O) groups excluding carboxylic acids is 6. The van der Waals surface area contributed by atoms with Gasteiger partial charge in [0.2, 0.25) is 5.78 Å². The fraction of sp³-hybridized carbons (Fsp3) is 0.409. The molecule has 9 atom stereocenters. The molecule has 0 aromatic heterocycles. The molecule has 15 heteroatoms. The van der Waals surface area contributed by atoms with Crippen LogP contribution in [0.15, 0.2) is 72.2 Å². The van der Waals surface area contributed by atoms with E-state index < -0.39 is 106 Å². The Morgan fingerprint density at radius 3 is 2.19 bits per heavy atom. The Morgan fingerprint density at radius 1 is 0.898 bits per heavy atom. The minimum absolute atomic E-state index is 0.0110. The molecule has 59 heavy (non-hydrogen) atoms. The summed E-state index contributed by atoms with van der Waals surface area (Å²) in [5.41, 5.74) is -1.42. The molecular weight excluding hydrogens is 786 g/mol. The fourth-order valence-corrected chi connectivity index (χ4v) is 7.60. The number of Topliss-reactive ketones (excluding diaryl/α,β-unsaturated/α-hetero) is 2. The van der Waals surface area contributed by atoms with Crippen LogP contribution in [0.4, 0.5) is 0 Å². The van der Waals surface area contributed by atoms with Crippen molar-refractivity contribution in [1.82, 2.24) is 5.32 Å². The van der Waals surface area contributed by atoms with Gasteiger partial charge in [-0.3, -0.25) is 24.0 Å². The lowest BCUT2D eigenvalue weighted by Crippen LogP contribution is -2.46. The number of allylic oxidation sites excluding steroid dienone is 4. The lowest BCUT2D eigenvalue weighted by atomic mass is 9.78. The van der Waals surface area contributed by atoms with Gasteiger partial charge in [-0.2, -0.15) is 0 Å². The average molecular weight is 834 g/mol. The minimum atomic E-state index is -2.12. The van der Waals surface area contributed by atoms with Gasteiger partial charge in [0.15, 0.2) is 5.78 Å². The zero-order chi connectivity index (χ0) is 43.7. The molecular formula is C44H48ClNO13. The summed E-state index contributed by atoms with van der Waals surface area (Å²) < 4.78 is 29.3. The first-order valence-electron chi connectivity index (χ1n) is 19.0. The number of ketones is 3. The molecule has 6 rings (SSSR count). The van der Waals surface area contributed by atoms with Gasteiger partial charge in [-0.15, -0.1) is 0 Å². The van der Waals surface area contributed by atoms with Crippen LogP contribution in [0, 0.1) is 30.6 Å². The summed E-state index contributed by atoms with van der Waals surface area (Å²) in [7, 11) is 1.41. The largest absolute Gasteiger partial charge is 0.462 e. The number of rotatable bonds is 4. The van der Waals surface area contributed by atoms with E-state index in [1.54, 1.807) is 33.8 Å². The molecule has 2 aromatic rings. The topological polar surface area (TPSA) is 201 Å². The molecule has 0 fully saturated rings. The van der Waals surface area contributed by atoms with Crippen LogP contribution in [0.3, 0.4) is 0 Å². The third-order valence-electron chi connectivity index (χ3n) is 11.1. The number of amides is 1. The average Bonchev–Trinajstić information content (AvgIpc) is 3.46. The summed E-state index contributed by atoms with van der Waals surface area (Å²) in [6.07, 6.45) is 4.10. The Balaban J connectivity index is 1.65. The fourth-order valence-electron chi connectivity index (χ4n) is 7.47. The monoisotopic (exact) mass is 833 g/mol. The number of fused-ring (bicyclic) bond motifs is 14. The first-order valence-corrected chi connectivity index (χ1v) is 19.4. The van der Waals surface area contributed by atoms with Crippen LogP contribution in [0.5, 0.6) is 11.5 Å². The smallest absolute Gasteiger partial charge is 0.343 e. The molecule has 0 spiro atoms. The van der Waals surface area contributed by atoms with Gasteiger partial charge in [-0.1, -0.05) is 57.5 Å². The number of aliphatic hydroxyl groups excluding tert-OH is 2. The van der Waals surface area contributed by atoms with E-state index in [-0.39, 0.29) is 33.8 Å². The van der Waals surface area contributed by atoms with E-state index >= 15 is 0 Å². The van der Waals surface area contributed by atoms with Crippen molar-refractivity contribution in [3.63, 3.8) is 0 Å². The number of carbonyl (C=O) groups is 6. The summed E-state index contributed by atoms with van der Waals surface area (Å²) in [6, 6.07) is 5.72. The highest BCUT2D eigenvalue weighted by Crippen LogP contribution is 2.48. The number of halogens is 1. The van der Waals surface area contributed by atoms with Gasteiger partial charge >= 0.3 is 17.7 Å². The number of nitrogens with one attached hydrogen (secondary N) is 1. The lowest BCUT2D eigenvalue weighted by Gasteiger charge is -2.38. The molecule has 3 aliphatic heterocycles. The predicted octanol–water partition coefficient (Wildman–Crippen LogP) is 5.80. The molecule has 314 valence electrons. The lowest BCUT2D eigenvalue weighted by molar-refractivity contribution is -0.160. The normalized spacial score (nSPS) is 30.8. The Labute approximate surface area is 346 Å². The summed E-state index contributed by atoms with van der Waals surface area (Å²) in [5.74, 6) is -10.2. The minimum Gasteiger partial charge on any atom is -0.462 e. The standard InChI is InChI=1S/C44H48ClNO13/c1-20-11-10-12-21(2)42(53)46-29-19-30(48)32-33(37(29)51)39(58-43(54)27-13-15-28(45)16-14-27)25(6)40-34(32)41(52)44(8,59-40)56-18-17-31(55-9)22(3)38(57-26(7)47)24(5)36(50)23(4)35(20)49/h10-20,22-24,31,35-36,38,49-50H,1-9H3,(H,46,53)/b11-10+,18-17+,21-12-. The number of ether oxygens (including phenoxy) is 5. The van der Waals surface area contributed by atoms with E-state index in [0.717, 1.165) is 12.3 Å². The molecule has 2 aromatic carbocycles. The predicted molar refractivity (Wildman–Crippen MR) is 214 cm³/mol. The number of hydrogen-bond acceptors (Lipinski definition) is 13. The molecule has 0 saturated heterocycles. The van der Waals surface area contributed by atoms with Gasteiger partial charge in [-0.25, -0.2) is 4.79 Å². The molecule has 5 bridgehead atoms. The summed E-state index contributed by atoms with van der Waals surface area (Å²) in [5, 5.41) is 25.6. The van der Waals surface area contributed by atoms with Crippen molar-refractivity contribution in [1.29, 1.82) is 0 Å². The number of hydrogen-bond donors (Lipinski definition) is 3. The SMILES string of the molecule is COC1/C=C/OC2(C)Oc3c(C)c(OC(=O)c4ccc(Cl)cc4)c4c(c3C2=O)C(=O)C=C(NC(=O)/C(C)=C\C=C\C(C)C(O)C(C)C(O)C(C)C(OC(C)=O)C1C)C4=O. The molecule has 0 saturated carbocycles. The van der Waals surface area contributed by atoms with Crippen LogP contribution in [-0.2, 0) is 23.8 Å². The zero-order valence-electron chi connectivity index (χ0n) is 34.2. The second-order valence-corrected chi connectivity index (χ2v) is 15.7. The van der Waals surface area contributed by atoms with E-state index in [4.69, 9.17) is 35.3 Å². The second kappa shape index (κ2) is 17.8. The highest BCUT2D eigenvalue weighted by Gasteiger charge is 2.52. The van der Waals surface area contributed by atoms with Gasteiger partial charge in [-0.05, 0) is 44.2 Å². The van der Waals surface area contributed by atoms with Crippen molar-refractivity contribution < 1.29 is 62.7 Å². The molecule has 14 nitrogen and oxygen atoms in total. The van der Waals surface area contributed by atoms with Crippen LogP contribution < -0.4 is 14.8 Å². The Kier molecular flexibility index (Phi) is 13.5. The van der Waals surface area contributed by atoms with Gasteiger partial charge in [0.1, 0.15) is 17.6 Å². The molecule has 1 amide bonds. The molecule has 1 aliphatic carbocycles. The van der Waals surface area contributed by atoms with E-state index in [0.29, 0.717) is 5.02 Å². The molecule has 4 aliphatic rings. The Morgan fingerprint density at radius 2 is 1.56 bits per heavy atom. The highest BCUT2D eigenvalue weighted by molar-refractivity contribution is 6.31. The highest BCUT2D eigenvalue weighted by atomic mass is 35.5. The summed E-state index contributed by atoms with van der Waals surface area (Å²) in [4.78, 5) is 81.9. The van der Waals surface area contributed by atoms with E-state index in [2.05, 4.69) is 5.32 Å². The van der Waals surface area contributed by atoms with Crippen molar-refractivity contribution in [2.24, 2.45) is 23.7 Å². The maximum Gasteiger partial charge on any atom is 0.343 e. The van der Waals surface area contributed by atoms with Crippen LogP contribution in [-0.4, -0.2) is 82.7 Å². The van der Waals surface area contributed by atoms with Gasteiger partial charge in [0, 0.05) is 66.9 Å². The van der Waals surface area contributed by atoms with Crippen LogP contribution in [0.2, 0.25) is 5.02 Å². The second-order valence-electron chi connectivity index (χ2n) is 15.3. The van der Waals surface area contributed by atoms with Crippen molar-refractivity contribution in [3.05, 3.63) is 105 Å². The van der Waals surface area contributed by atoms with Crippen molar-refractivity contribution in [2.75, 3.05) is 7.11 Å². The number of esters is 2. The van der Waals surface area contributed by atoms with E-state index in [1.807, 2.05) is 0 Å². The molecule has 3 N–H and O–H groups in total. The Bertz CT molecular complexity index is 2190. The van der Waals surface area contributed by atoms with Crippen molar-refractivity contribution in [2.45, 2.75) is 85.6 Å². The molecule has 9 unspecified atom stereocenters. The van der Waals surface area contributed by atoms with Crippen LogP contribution in [0.25, 0.3) is 0 Å². The van der Waals surface area contributed by atoms with E-state index in [9.17, 15) is 39.0 Å². The van der Waals surface area contributed by atoms with E-state index in [1.165, 1.54) is 77.3 Å². The quantitative estimate of drug-likeness (QED) is 0.247. The first-order chi connectivity index (χ1) is 27.7. The molecule has 0 radical (unpaired) electrons. The van der Waals surface area contributed by atoms with Crippen LogP contribution in [0.1, 0.15) is 95.5 Å².